The zero-order chi connectivity index (χ0) is 20.2. The Morgan fingerprint density at radius 3 is 2.90 bits per heavy atom. The van der Waals surface area contributed by atoms with Crippen LogP contribution in [0.25, 0.3) is 15.9 Å². The predicted molar refractivity (Wildman–Crippen MR) is 118 cm³/mol. The third-order valence-corrected chi connectivity index (χ3v) is 6.40. The van der Waals surface area contributed by atoms with Crippen LogP contribution in [0.3, 0.4) is 0 Å². The highest BCUT2D eigenvalue weighted by Gasteiger charge is 2.19. The zero-order valence-corrected chi connectivity index (χ0v) is 17.7. The Morgan fingerprint density at radius 2 is 2.10 bits per heavy atom. The van der Waals surface area contributed by atoms with Crippen LogP contribution in [0.4, 0.5) is 5.13 Å². The van der Waals surface area contributed by atoms with Crippen molar-refractivity contribution in [3.8, 4) is 11.4 Å². The predicted octanol–water partition coefficient (Wildman–Crippen LogP) is 4.64. The van der Waals surface area contributed by atoms with Crippen LogP contribution in [-0.2, 0) is 4.79 Å². The smallest absolute Gasteiger partial charge is 0.239 e. The number of fused-ring (bicyclic) bond motifs is 1. The molecule has 0 bridgehead atoms. The molecular weight excluding hydrogens is 404 g/mol. The van der Waals surface area contributed by atoms with Gasteiger partial charge in [0.25, 0.3) is 0 Å². The molecule has 0 saturated carbocycles. The second-order valence-electron chi connectivity index (χ2n) is 6.17. The van der Waals surface area contributed by atoms with Gasteiger partial charge in [-0.25, -0.2) is 9.97 Å². The summed E-state index contributed by atoms with van der Waals surface area (Å²) in [5, 5.41) is 1.49. The number of hydrogen-bond acceptors (Lipinski definition) is 6. The topological polar surface area (TPSA) is 60.2 Å². The second-order valence-corrected chi connectivity index (χ2v) is 8.12. The Bertz CT molecular complexity index is 1110. The first-order chi connectivity index (χ1) is 14.2. The van der Waals surface area contributed by atoms with Crippen LogP contribution in [-0.4, -0.2) is 39.8 Å². The molecule has 2 aromatic heterocycles. The van der Waals surface area contributed by atoms with E-state index in [0.717, 1.165) is 31.9 Å². The number of thiazole rings is 1. The number of imidazole rings is 1. The van der Waals surface area contributed by atoms with Crippen molar-refractivity contribution in [2.75, 3.05) is 24.3 Å². The fourth-order valence-corrected chi connectivity index (χ4v) is 4.85. The number of benzene rings is 2. The lowest BCUT2D eigenvalue weighted by atomic mass is 10.3. The van der Waals surface area contributed by atoms with Gasteiger partial charge in [0.2, 0.25) is 5.91 Å². The zero-order valence-electron chi connectivity index (χ0n) is 16.1. The van der Waals surface area contributed by atoms with E-state index in [0.29, 0.717) is 6.54 Å². The first kappa shape index (κ1) is 19.5. The van der Waals surface area contributed by atoms with E-state index in [1.807, 2.05) is 66.2 Å². The highest BCUT2D eigenvalue weighted by atomic mass is 32.2. The van der Waals surface area contributed by atoms with Crippen molar-refractivity contribution < 1.29 is 9.53 Å². The lowest BCUT2D eigenvalue weighted by Crippen LogP contribution is -2.32. The van der Waals surface area contributed by atoms with E-state index < -0.39 is 0 Å². The number of ether oxygens (including phenoxy) is 1. The average molecular weight is 425 g/mol. The SMILES string of the molecule is CCN(C(=O)CSc1nccn1-c1cccc(OC)c1)c1nc2ccccc2s1. The molecule has 0 aliphatic rings. The van der Waals surface area contributed by atoms with Crippen molar-refractivity contribution in [2.45, 2.75) is 12.1 Å². The average Bonchev–Trinajstić information content (AvgIpc) is 3.39. The number of carbonyl (C=O) groups is 1. The van der Waals surface area contributed by atoms with Gasteiger partial charge in [0, 0.05) is 25.0 Å². The van der Waals surface area contributed by atoms with Gasteiger partial charge in [0.15, 0.2) is 10.3 Å². The quantitative estimate of drug-likeness (QED) is 0.405. The summed E-state index contributed by atoms with van der Waals surface area (Å²) < 4.78 is 8.34. The van der Waals surface area contributed by atoms with Gasteiger partial charge in [0.1, 0.15) is 5.75 Å². The molecule has 2 heterocycles. The molecule has 0 atom stereocenters. The van der Waals surface area contributed by atoms with Crippen molar-refractivity contribution in [1.82, 2.24) is 14.5 Å². The van der Waals surface area contributed by atoms with E-state index in [2.05, 4.69) is 9.97 Å². The monoisotopic (exact) mass is 424 g/mol. The van der Waals surface area contributed by atoms with Crippen LogP contribution < -0.4 is 9.64 Å². The van der Waals surface area contributed by atoms with Gasteiger partial charge in [0.05, 0.1) is 28.8 Å². The third-order valence-electron chi connectivity index (χ3n) is 4.39. The number of nitrogens with zero attached hydrogens (tertiary/aromatic N) is 4. The number of thioether (sulfide) groups is 1. The summed E-state index contributed by atoms with van der Waals surface area (Å²) in [6, 6.07) is 15.7. The first-order valence-corrected chi connectivity index (χ1v) is 11.0. The van der Waals surface area contributed by atoms with Crippen molar-refractivity contribution in [3.63, 3.8) is 0 Å². The number of amides is 1. The molecule has 0 unspecified atom stereocenters. The van der Waals surface area contributed by atoms with Crippen LogP contribution in [0.15, 0.2) is 66.1 Å². The molecule has 0 aliphatic carbocycles. The molecule has 29 heavy (non-hydrogen) atoms. The number of rotatable bonds is 7. The molecule has 0 N–H and O–H groups in total. The number of para-hydroxylation sites is 1. The fourth-order valence-electron chi connectivity index (χ4n) is 2.95. The number of aromatic nitrogens is 3. The Morgan fingerprint density at radius 1 is 1.24 bits per heavy atom. The van der Waals surface area contributed by atoms with Gasteiger partial charge in [-0.15, -0.1) is 0 Å². The van der Waals surface area contributed by atoms with Gasteiger partial charge in [-0.05, 0) is 31.2 Å². The fraction of sp³-hybridized carbons (Fsp3) is 0.190. The summed E-state index contributed by atoms with van der Waals surface area (Å²) in [5.41, 5.74) is 1.86. The molecule has 1 amide bonds. The molecule has 4 rings (SSSR count). The normalized spacial score (nSPS) is 11.0. The second kappa shape index (κ2) is 8.67. The summed E-state index contributed by atoms with van der Waals surface area (Å²) in [6.45, 7) is 2.54. The number of carbonyl (C=O) groups excluding carboxylic acids is 1. The van der Waals surface area contributed by atoms with E-state index in [1.54, 1.807) is 18.2 Å². The molecule has 0 radical (unpaired) electrons. The standard InChI is InChI=1S/C21H20N4O2S2/c1-3-24(21-23-17-9-4-5-10-18(17)29-21)19(26)14-28-20-22-11-12-25(20)15-7-6-8-16(13-15)27-2/h4-13H,3,14H2,1-2H3. The molecule has 148 valence electrons. The Kier molecular flexibility index (Phi) is 5.82. The van der Waals surface area contributed by atoms with E-state index in [9.17, 15) is 4.79 Å². The lowest BCUT2D eigenvalue weighted by molar-refractivity contribution is -0.116. The minimum Gasteiger partial charge on any atom is -0.497 e. The molecule has 0 fully saturated rings. The summed E-state index contributed by atoms with van der Waals surface area (Å²) in [5.74, 6) is 1.07. The van der Waals surface area contributed by atoms with Crippen LogP contribution in [0.5, 0.6) is 5.75 Å². The minimum absolute atomic E-state index is 0.0109. The van der Waals surface area contributed by atoms with Crippen molar-refractivity contribution in [3.05, 3.63) is 60.9 Å². The molecule has 6 nitrogen and oxygen atoms in total. The minimum atomic E-state index is 0.0109. The molecule has 0 aliphatic heterocycles. The Balaban J connectivity index is 1.50. The maximum absolute atomic E-state index is 12.9. The van der Waals surface area contributed by atoms with Crippen molar-refractivity contribution >= 4 is 44.4 Å². The van der Waals surface area contributed by atoms with Crippen LogP contribution in [0.1, 0.15) is 6.92 Å². The number of methoxy groups -OCH3 is 1. The Hall–Kier alpha value is -2.84. The van der Waals surface area contributed by atoms with Gasteiger partial charge in [-0.1, -0.05) is 41.3 Å². The molecule has 0 spiro atoms. The highest BCUT2D eigenvalue weighted by molar-refractivity contribution is 7.99. The summed E-state index contributed by atoms with van der Waals surface area (Å²) in [4.78, 5) is 23.7. The van der Waals surface area contributed by atoms with Gasteiger partial charge in [-0.3, -0.25) is 14.3 Å². The molecule has 8 heteroatoms. The number of hydrogen-bond donors (Lipinski definition) is 0. The van der Waals surface area contributed by atoms with Crippen LogP contribution in [0, 0.1) is 0 Å². The van der Waals surface area contributed by atoms with E-state index in [-0.39, 0.29) is 11.7 Å². The molecular formula is C21H20N4O2S2. The van der Waals surface area contributed by atoms with E-state index >= 15 is 0 Å². The van der Waals surface area contributed by atoms with Crippen LogP contribution >= 0.6 is 23.1 Å². The summed E-state index contributed by atoms with van der Waals surface area (Å²) in [7, 11) is 1.64. The third kappa shape index (κ3) is 4.13. The first-order valence-electron chi connectivity index (χ1n) is 9.16. The Labute approximate surface area is 177 Å². The summed E-state index contributed by atoms with van der Waals surface area (Å²) >= 11 is 2.95. The van der Waals surface area contributed by atoms with Gasteiger partial charge >= 0.3 is 0 Å². The highest BCUT2D eigenvalue weighted by Crippen LogP contribution is 2.29. The van der Waals surface area contributed by atoms with E-state index in [1.165, 1.54) is 23.1 Å². The molecule has 0 saturated heterocycles. The van der Waals surface area contributed by atoms with Crippen molar-refractivity contribution in [1.29, 1.82) is 0 Å². The van der Waals surface area contributed by atoms with Crippen molar-refractivity contribution in [2.24, 2.45) is 0 Å². The van der Waals surface area contributed by atoms with Gasteiger partial charge in [-0.2, -0.15) is 0 Å². The summed E-state index contributed by atoms with van der Waals surface area (Å²) in [6.07, 6.45) is 3.62. The maximum Gasteiger partial charge on any atom is 0.239 e. The maximum atomic E-state index is 12.9. The lowest BCUT2D eigenvalue weighted by Gasteiger charge is -2.17. The molecule has 4 aromatic rings. The van der Waals surface area contributed by atoms with E-state index in [4.69, 9.17) is 4.74 Å². The molecule has 2 aromatic carbocycles. The largest absolute Gasteiger partial charge is 0.497 e. The van der Waals surface area contributed by atoms with Gasteiger partial charge < -0.3 is 4.74 Å². The number of anilines is 1. The van der Waals surface area contributed by atoms with Crippen LogP contribution in [0.2, 0.25) is 0 Å².